The molecule has 14 heavy (non-hydrogen) atoms. The number of pyridine rings is 1. The van der Waals surface area contributed by atoms with Crippen LogP contribution in [0.5, 0.6) is 0 Å². The van der Waals surface area contributed by atoms with Crippen molar-refractivity contribution < 1.29 is 8.78 Å². The monoisotopic (exact) mass is 195 g/mol. The summed E-state index contributed by atoms with van der Waals surface area (Å²) in [6.45, 7) is 0. The second kappa shape index (κ2) is 3.21. The van der Waals surface area contributed by atoms with Crippen molar-refractivity contribution in [3.8, 4) is 0 Å². The molecule has 0 amide bonds. The number of fused-ring (bicyclic) bond motifs is 1. The Balaban J connectivity index is 2.69. The lowest BCUT2D eigenvalue weighted by Crippen LogP contribution is -2.02. The van der Waals surface area contributed by atoms with E-state index in [0.717, 1.165) is 5.39 Å². The third-order valence-corrected chi connectivity index (χ3v) is 2.00. The van der Waals surface area contributed by atoms with E-state index in [9.17, 15) is 13.6 Å². The van der Waals surface area contributed by atoms with Gasteiger partial charge in [0.25, 0.3) is 6.43 Å². The zero-order valence-corrected chi connectivity index (χ0v) is 7.13. The fourth-order valence-electron chi connectivity index (χ4n) is 1.30. The van der Waals surface area contributed by atoms with Gasteiger partial charge in [-0.05, 0) is 17.5 Å². The van der Waals surface area contributed by atoms with Crippen molar-refractivity contribution >= 4 is 10.9 Å². The van der Waals surface area contributed by atoms with Gasteiger partial charge >= 0.3 is 0 Å². The Kier molecular flexibility index (Phi) is 2.04. The van der Waals surface area contributed by atoms with E-state index in [1.165, 1.54) is 18.2 Å². The van der Waals surface area contributed by atoms with Crippen molar-refractivity contribution in [1.82, 2.24) is 4.98 Å². The second-order valence-corrected chi connectivity index (χ2v) is 2.97. The number of hydrogen-bond acceptors (Lipinski definition) is 1. The van der Waals surface area contributed by atoms with Crippen LogP contribution in [0.2, 0.25) is 0 Å². The van der Waals surface area contributed by atoms with E-state index >= 15 is 0 Å². The van der Waals surface area contributed by atoms with E-state index in [2.05, 4.69) is 4.98 Å². The van der Waals surface area contributed by atoms with E-state index in [-0.39, 0.29) is 11.1 Å². The highest BCUT2D eigenvalue weighted by atomic mass is 19.3. The van der Waals surface area contributed by atoms with Crippen LogP contribution in [0.15, 0.2) is 35.1 Å². The maximum absolute atomic E-state index is 12.3. The number of aromatic nitrogens is 1. The molecule has 0 spiro atoms. The van der Waals surface area contributed by atoms with Gasteiger partial charge in [0, 0.05) is 17.1 Å². The van der Waals surface area contributed by atoms with Crippen LogP contribution in [-0.4, -0.2) is 4.98 Å². The SMILES string of the molecule is O=c1ccc2ccc(C(F)F)cc2[nH]1. The van der Waals surface area contributed by atoms with Crippen LogP contribution in [-0.2, 0) is 0 Å². The predicted octanol–water partition coefficient (Wildman–Crippen LogP) is 2.47. The minimum absolute atomic E-state index is 0.0839. The molecule has 2 aromatic rings. The van der Waals surface area contributed by atoms with Gasteiger partial charge in [-0.2, -0.15) is 0 Å². The predicted molar refractivity (Wildman–Crippen MR) is 49.5 cm³/mol. The minimum Gasteiger partial charge on any atom is -0.322 e. The number of alkyl halides is 2. The van der Waals surface area contributed by atoms with E-state index < -0.39 is 6.43 Å². The van der Waals surface area contributed by atoms with Gasteiger partial charge in [0.1, 0.15) is 0 Å². The fraction of sp³-hybridized carbons (Fsp3) is 0.100. The first-order chi connectivity index (χ1) is 6.66. The zero-order valence-electron chi connectivity index (χ0n) is 7.13. The second-order valence-electron chi connectivity index (χ2n) is 2.97. The Morgan fingerprint density at radius 1 is 1.14 bits per heavy atom. The molecule has 2 rings (SSSR count). The third kappa shape index (κ3) is 1.51. The molecule has 1 aromatic heterocycles. The Labute approximate surface area is 78.2 Å². The summed E-state index contributed by atoms with van der Waals surface area (Å²) in [6.07, 6.45) is -2.51. The molecule has 0 radical (unpaired) electrons. The molecule has 0 bridgehead atoms. The summed E-state index contributed by atoms with van der Waals surface area (Å²) >= 11 is 0. The Morgan fingerprint density at radius 3 is 2.57 bits per heavy atom. The summed E-state index contributed by atoms with van der Waals surface area (Å²) < 4.78 is 24.6. The molecule has 0 unspecified atom stereocenters. The van der Waals surface area contributed by atoms with E-state index in [1.807, 2.05) is 0 Å². The molecular weight excluding hydrogens is 188 g/mol. The highest BCUT2D eigenvalue weighted by molar-refractivity contribution is 5.78. The standard InChI is InChI=1S/C10H7F2NO/c11-10(12)7-2-1-6-3-4-9(14)13-8(6)5-7/h1-5,10H,(H,13,14). The molecule has 0 fully saturated rings. The molecule has 2 nitrogen and oxygen atoms in total. The lowest BCUT2D eigenvalue weighted by Gasteiger charge is -2.01. The van der Waals surface area contributed by atoms with Gasteiger partial charge in [0.05, 0.1) is 0 Å². The summed E-state index contributed by atoms with van der Waals surface area (Å²) in [5.74, 6) is 0. The Morgan fingerprint density at radius 2 is 1.86 bits per heavy atom. The molecule has 72 valence electrons. The Bertz CT molecular complexity index is 519. The van der Waals surface area contributed by atoms with Gasteiger partial charge in [0.2, 0.25) is 5.56 Å². The lowest BCUT2D eigenvalue weighted by atomic mass is 10.1. The van der Waals surface area contributed by atoms with Gasteiger partial charge < -0.3 is 4.98 Å². The smallest absolute Gasteiger partial charge is 0.263 e. The van der Waals surface area contributed by atoms with Crippen molar-refractivity contribution in [2.75, 3.05) is 0 Å². The first kappa shape index (κ1) is 8.87. The first-order valence-electron chi connectivity index (χ1n) is 4.08. The van der Waals surface area contributed by atoms with E-state index in [1.54, 1.807) is 12.1 Å². The number of nitrogens with one attached hydrogen (secondary N) is 1. The molecule has 1 aromatic carbocycles. The molecule has 1 N–H and O–H groups in total. The van der Waals surface area contributed by atoms with E-state index in [4.69, 9.17) is 0 Å². The van der Waals surface area contributed by atoms with Crippen LogP contribution in [0.25, 0.3) is 10.9 Å². The van der Waals surface area contributed by atoms with Crippen LogP contribution in [0.3, 0.4) is 0 Å². The minimum atomic E-state index is -2.51. The fourth-order valence-corrected chi connectivity index (χ4v) is 1.30. The highest BCUT2D eigenvalue weighted by Gasteiger charge is 2.06. The maximum Gasteiger partial charge on any atom is 0.263 e. The van der Waals surface area contributed by atoms with Crippen molar-refractivity contribution in [2.24, 2.45) is 0 Å². The van der Waals surface area contributed by atoms with Crippen molar-refractivity contribution in [2.45, 2.75) is 6.43 Å². The number of aromatic amines is 1. The number of hydrogen-bond donors (Lipinski definition) is 1. The molecule has 4 heteroatoms. The molecule has 0 saturated carbocycles. The van der Waals surface area contributed by atoms with Gasteiger partial charge in [-0.1, -0.05) is 12.1 Å². The molecule has 0 aliphatic heterocycles. The van der Waals surface area contributed by atoms with Crippen molar-refractivity contribution in [3.63, 3.8) is 0 Å². The topological polar surface area (TPSA) is 32.9 Å². The van der Waals surface area contributed by atoms with E-state index in [0.29, 0.717) is 5.52 Å². The van der Waals surface area contributed by atoms with Gasteiger partial charge in [-0.15, -0.1) is 0 Å². The van der Waals surface area contributed by atoms with Crippen LogP contribution < -0.4 is 5.56 Å². The molecular formula is C10H7F2NO. The van der Waals surface area contributed by atoms with Crippen molar-refractivity contribution in [3.05, 3.63) is 46.2 Å². The zero-order chi connectivity index (χ0) is 10.1. The lowest BCUT2D eigenvalue weighted by molar-refractivity contribution is 0.151. The normalized spacial score (nSPS) is 11.1. The third-order valence-electron chi connectivity index (χ3n) is 2.00. The summed E-state index contributed by atoms with van der Waals surface area (Å²) in [5.41, 5.74) is 0.0681. The van der Waals surface area contributed by atoms with Crippen LogP contribution in [0.4, 0.5) is 8.78 Å². The molecule has 0 atom stereocenters. The largest absolute Gasteiger partial charge is 0.322 e. The van der Waals surface area contributed by atoms with Gasteiger partial charge in [-0.3, -0.25) is 4.79 Å². The van der Waals surface area contributed by atoms with Gasteiger partial charge in [0.15, 0.2) is 0 Å². The summed E-state index contributed by atoms with van der Waals surface area (Å²) in [6, 6.07) is 7.17. The average molecular weight is 195 g/mol. The Hall–Kier alpha value is -1.71. The van der Waals surface area contributed by atoms with Crippen LogP contribution in [0, 0.1) is 0 Å². The summed E-state index contributed by atoms with van der Waals surface area (Å²) in [4.78, 5) is 13.4. The van der Waals surface area contributed by atoms with Crippen LogP contribution >= 0.6 is 0 Å². The quantitative estimate of drug-likeness (QED) is 0.744. The number of H-pyrrole nitrogens is 1. The van der Waals surface area contributed by atoms with Crippen molar-refractivity contribution in [1.29, 1.82) is 0 Å². The number of benzene rings is 1. The summed E-state index contributed by atoms with van der Waals surface area (Å²) in [7, 11) is 0. The molecule has 1 heterocycles. The number of halogens is 2. The van der Waals surface area contributed by atoms with Gasteiger partial charge in [-0.25, -0.2) is 8.78 Å². The average Bonchev–Trinajstić information content (AvgIpc) is 2.16. The molecule has 0 aliphatic rings. The number of rotatable bonds is 1. The molecule has 0 saturated heterocycles. The highest BCUT2D eigenvalue weighted by Crippen LogP contribution is 2.21. The molecule has 0 aliphatic carbocycles. The summed E-state index contributed by atoms with van der Waals surface area (Å²) in [5, 5.41) is 0.744. The first-order valence-corrected chi connectivity index (χ1v) is 4.08. The maximum atomic E-state index is 12.3. The van der Waals surface area contributed by atoms with Crippen LogP contribution in [0.1, 0.15) is 12.0 Å².